The van der Waals surface area contributed by atoms with E-state index < -0.39 is 4.92 Å². The quantitative estimate of drug-likeness (QED) is 0.475. The van der Waals surface area contributed by atoms with E-state index in [0.29, 0.717) is 12.3 Å². The van der Waals surface area contributed by atoms with Crippen molar-refractivity contribution in [1.29, 1.82) is 0 Å². The molecule has 0 N–H and O–H groups in total. The van der Waals surface area contributed by atoms with Crippen LogP contribution in [0, 0.1) is 24.0 Å². The molecule has 0 atom stereocenters. The molecule has 138 valence electrons. The number of nitro groups is 1. The van der Waals surface area contributed by atoms with Crippen molar-refractivity contribution in [1.82, 2.24) is 9.97 Å². The Labute approximate surface area is 157 Å². The van der Waals surface area contributed by atoms with Gasteiger partial charge in [-0.05, 0) is 42.7 Å². The third kappa shape index (κ3) is 4.20. The molecule has 2 aromatic carbocycles. The third-order valence-corrected chi connectivity index (χ3v) is 4.27. The van der Waals surface area contributed by atoms with E-state index in [1.807, 2.05) is 56.3 Å². The Balaban J connectivity index is 1.94. The van der Waals surface area contributed by atoms with Crippen LogP contribution in [0.2, 0.25) is 0 Å². The number of rotatable bonds is 6. The van der Waals surface area contributed by atoms with E-state index >= 15 is 0 Å². The second-order valence-electron chi connectivity index (χ2n) is 6.30. The fraction of sp³-hybridized carbons (Fsp3) is 0.200. The molecular weight excluding hydrogens is 344 g/mol. The first-order chi connectivity index (χ1) is 13.0. The van der Waals surface area contributed by atoms with E-state index in [2.05, 4.69) is 9.97 Å². The van der Waals surface area contributed by atoms with Gasteiger partial charge in [0, 0.05) is 13.6 Å². The van der Waals surface area contributed by atoms with Crippen LogP contribution in [0.3, 0.4) is 0 Å². The molecule has 0 aliphatic heterocycles. The van der Waals surface area contributed by atoms with Gasteiger partial charge in [0.2, 0.25) is 5.82 Å². The van der Waals surface area contributed by atoms with Crippen LogP contribution >= 0.6 is 0 Å². The average molecular weight is 364 g/mol. The summed E-state index contributed by atoms with van der Waals surface area (Å²) < 4.78 is 5.73. The lowest BCUT2D eigenvalue weighted by atomic mass is 10.1. The Bertz CT molecular complexity index is 961. The number of benzene rings is 2. The number of hydrogen-bond acceptors (Lipinski definition) is 6. The molecule has 7 nitrogen and oxygen atoms in total. The van der Waals surface area contributed by atoms with Crippen molar-refractivity contribution in [2.45, 2.75) is 20.4 Å². The zero-order valence-corrected chi connectivity index (χ0v) is 15.4. The monoisotopic (exact) mass is 364 g/mol. The van der Waals surface area contributed by atoms with Gasteiger partial charge in [-0.25, -0.2) is 4.98 Å². The molecule has 0 saturated carbocycles. The Morgan fingerprint density at radius 3 is 2.48 bits per heavy atom. The molecule has 0 amide bonds. The molecule has 0 aliphatic carbocycles. The number of hydrogen-bond donors (Lipinski definition) is 0. The molecular formula is C20H20N4O3. The summed E-state index contributed by atoms with van der Waals surface area (Å²) in [5.74, 6) is 0.627. The minimum atomic E-state index is -0.507. The fourth-order valence-corrected chi connectivity index (χ4v) is 2.69. The summed E-state index contributed by atoms with van der Waals surface area (Å²) in [6, 6.07) is 15.2. The van der Waals surface area contributed by atoms with Gasteiger partial charge in [0.05, 0.1) is 4.92 Å². The fourth-order valence-electron chi connectivity index (χ4n) is 2.69. The minimum absolute atomic E-state index is 0.0758. The van der Waals surface area contributed by atoms with Crippen LogP contribution in [0.5, 0.6) is 11.6 Å². The summed E-state index contributed by atoms with van der Waals surface area (Å²) in [6.07, 6.45) is 1.28. The van der Waals surface area contributed by atoms with E-state index in [1.165, 1.54) is 6.33 Å². The predicted molar refractivity (Wildman–Crippen MR) is 103 cm³/mol. The highest BCUT2D eigenvalue weighted by Crippen LogP contribution is 2.36. The lowest BCUT2D eigenvalue weighted by Crippen LogP contribution is -2.19. The number of aryl methyl sites for hydroxylation is 2. The van der Waals surface area contributed by atoms with Gasteiger partial charge >= 0.3 is 11.6 Å². The SMILES string of the molecule is Cc1ccc(Oc2ncnc(N(C)Cc3ccccc3)c2[N+](=O)[O-])cc1C. The highest BCUT2D eigenvalue weighted by atomic mass is 16.6. The number of aromatic nitrogens is 2. The van der Waals surface area contributed by atoms with Gasteiger partial charge in [0.1, 0.15) is 12.1 Å². The molecule has 3 rings (SSSR count). The normalized spacial score (nSPS) is 10.5. The highest BCUT2D eigenvalue weighted by Gasteiger charge is 2.27. The molecule has 0 bridgehead atoms. The van der Waals surface area contributed by atoms with Crippen molar-refractivity contribution in [3.8, 4) is 11.6 Å². The number of nitrogens with zero attached hydrogens (tertiary/aromatic N) is 4. The standard InChI is InChI=1S/C20H20N4O3/c1-14-9-10-17(11-15(14)2)27-20-18(24(25)26)19(21-13-22-20)23(3)12-16-7-5-4-6-8-16/h4-11,13H,12H2,1-3H3. The van der Waals surface area contributed by atoms with Gasteiger partial charge in [-0.2, -0.15) is 4.98 Å². The van der Waals surface area contributed by atoms with Crippen molar-refractivity contribution >= 4 is 11.5 Å². The van der Waals surface area contributed by atoms with E-state index in [4.69, 9.17) is 4.74 Å². The second kappa shape index (κ2) is 7.82. The first-order valence-corrected chi connectivity index (χ1v) is 8.45. The van der Waals surface area contributed by atoms with Crippen molar-refractivity contribution in [3.05, 3.63) is 81.7 Å². The van der Waals surface area contributed by atoms with Gasteiger partial charge in [0.15, 0.2) is 0 Å². The minimum Gasteiger partial charge on any atom is -0.434 e. The average Bonchev–Trinajstić information content (AvgIpc) is 2.65. The van der Waals surface area contributed by atoms with Crippen molar-refractivity contribution in [2.24, 2.45) is 0 Å². The summed E-state index contributed by atoms with van der Waals surface area (Å²) in [5, 5.41) is 11.7. The number of anilines is 1. The van der Waals surface area contributed by atoms with E-state index in [0.717, 1.165) is 16.7 Å². The third-order valence-electron chi connectivity index (χ3n) is 4.27. The zero-order chi connectivity index (χ0) is 19.4. The maximum atomic E-state index is 11.7. The molecule has 0 fully saturated rings. The van der Waals surface area contributed by atoms with E-state index in [1.54, 1.807) is 18.0 Å². The topological polar surface area (TPSA) is 81.4 Å². The lowest BCUT2D eigenvalue weighted by Gasteiger charge is -2.18. The summed E-state index contributed by atoms with van der Waals surface area (Å²) in [4.78, 5) is 21.1. The molecule has 0 radical (unpaired) electrons. The van der Waals surface area contributed by atoms with E-state index in [-0.39, 0.29) is 17.4 Å². The van der Waals surface area contributed by atoms with Gasteiger partial charge < -0.3 is 9.64 Å². The van der Waals surface area contributed by atoms with Crippen molar-refractivity contribution in [2.75, 3.05) is 11.9 Å². The Kier molecular flexibility index (Phi) is 5.30. The van der Waals surface area contributed by atoms with Crippen LogP contribution in [0.25, 0.3) is 0 Å². The van der Waals surface area contributed by atoms with Crippen LogP contribution < -0.4 is 9.64 Å². The Hall–Kier alpha value is -3.48. The summed E-state index contributed by atoms with van der Waals surface area (Å²) in [7, 11) is 1.75. The molecule has 3 aromatic rings. The largest absolute Gasteiger partial charge is 0.434 e. The van der Waals surface area contributed by atoms with Crippen molar-refractivity contribution < 1.29 is 9.66 Å². The molecule has 1 heterocycles. The molecule has 0 unspecified atom stereocenters. The van der Waals surface area contributed by atoms with Gasteiger partial charge in [-0.15, -0.1) is 0 Å². The molecule has 27 heavy (non-hydrogen) atoms. The van der Waals surface area contributed by atoms with E-state index in [9.17, 15) is 10.1 Å². The lowest BCUT2D eigenvalue weighted by molar-refractivity contribution is -0.385. The maximum absolute atomic E-state index is 11.7. The zero-order valence-electron chi connectivity index (χ0n) is 15.4. The van der Waals surface area contributed by atoms with Gasteiger partial charge in [-0.1, -0.05) is 36.4 Å². The Morgan fingerprint density at radius 2 is 1.81 bits per heavy atom. The second-order valence-corrected chi connectivity index (χ2v) is 6.30. The van der Waals surface area contributed by atoms with Crippen LogP contribution in [-0.2, 0) is 6.54 Å². The summed E-state index contributed by atoms with van der Waals surface area (Å²) in [5.41, 5.74) is 2.91. The highest BCUT2D eigenvalue weighted by molar-refractivity contribution is 5.63. The van der Waals surface area contributed by atoms with Crippen LogP contribution in [-0.4, -0.2) is 21.9 Å². The predicted octanol–water partition coefficient (Wildman–Crippen LogP) is 4.43. The molecule has 0 spiro atoms. The van der Waals surface area contributed by atoms with Crippen LogP contribution in [0.15, 0.2) is 54.9 Å². The summed E-state index contributed by atoms with van der Waals surface area (Å²) in [6.45, 7) is 4.42. The van der Waals surface area contributed by atoms with Gasteiger partial charge in [0.25, 0.3) is 0 Å². The first-order valence-electron chi connectivity index (χ1n) is 8.45. The van der Waals surface area contributed by atoms with Crippen LogP contribution in [0.4, 0.5) is 11.5 Å². The van der Waals surface area contributed by atoms with Gasteiger partial charge in [-0.3, -0.25) is 10.1 Å². The molecule has 0 saturated heterocycles. The number of ether oxygens (including phenoxy) is 1. The van der Waals surface area contributed by atoms with Crippen LogP contribution in [0.1, 0.15) is 16.7 Å². The maximum Gasteiger partial charge on any atom is 0.373 e. The molecule has 0 aliphatic rings. The molecule has 7 heteroatoms. The summed E-state index contributed by atoms with van der Waals surface area (Å²) >= 11 is 0. The smallest absolute Gasteiger partial charge is 0.373 e. The first kappa shape index (κ1) is 18.3. The van der Waals surface area contributed by atoms with Crippen molar-refractivity contribution in [3.63, 3.8) is 0 Å². The Morgan fingerprint density at radius 1 is 1.07 bits per heavy atom. The molecule has 1 aromatic heterocycles.